The Bertz CT molecular complexity index is 246. The summed E-state index contributed by atoms with van der Waals surface area (Å²) < 4.78 is 0.836. The van der Waals surface area contributed by atoms with Crippen molar-refractivity contribution < 1.29 is 4.79 Å². The van der Waals surface area contributed by atoms with Gasteiger partial charge in [-0.05, 0) is 27.4 Å². The summed E-state index contributed by atoms with van der Waals surface area (Å²) >= 11 is 9.99. The SMILES string of the molecule is O=C(CCl)c1sccc1Br. The van der Waals surface area contributed by atoms with Crippen LogP contribution in [0.15, 0.2) is 15.9 Å². The van der Waals surface area contributed by atoms with E-state index in [1.807, 2.05) is 11.4 Å². The molecule has 0 aliphatic rings. The van der Waals surface area contributed by atoms with Gasteiger partial charge in [-0.15, -0.1) is 22.9 Å². The van der Waals surface area contributed by atoms with E-state index in [1.165, 1.54) is 11.3 Å². The first-order valence-corrected chi connectivity index (χ1v) is 4.78. The van der Waals surface area contributed by atoms with Crippen LogP contribution in [0.3, 0.4) is 0 Å². The van der Waals surface area contributed by atoms with Gasteiger partial charge >= 0.3 is 0 Å². The number of halogens is 2. The summed E-state index contributed by atoms with van der Waals surface area (Å²) in [6.45, 7) is 0. The largest absolute Gasteiger partial charge is 0.292 e. The zero-order chi connectivity index (χ0) is 7.56. The molecule has 0 atom stereocenters. The van der Waals surface area contributed by atoms with Crippen LogP contribution in [0, 0.1) is 0 Å². The lowest BCUT2D eigenvalue weighted by Crippen LogP contribution is -1.96. The van der Waals surface area contributed by atoms with Gasteiger partial charge in [0.1, 0.15) is 0 Å². The molecule has 0 saturated heterocycles. The summed E-state index contributed by atoms with van der Waals surface area (Å²) in [5, 5.41) is 1.85. The van der Waals surface area contributed by atoms with Crippen molar-refractivity contribution in [3.63, 3.8) is 0 Å². The van der Waals surface area contributed by atoms with Crippen molar-refractivity contribution in [2.45, 2.75) is 0 Å². The number of alkyl halides is 1. The van der Waals surface area contributed by atoms with Gasteiger partial charge in [0.2, 0.25) is 0 Å². The van der Waals surface area contributed by atoms with Crippen LogP contribution in [-0.2, 0) is 0 Å². The molecule has 0 aliphatic carbocycles. The summed E-state index contributed by atoms with van der Waals surface area (Å²) in [5.74, 6) is 0.0302. The molecule has 0 bridgehead atoms. The molecule has 1 aromatic rings. The second-order valence-corrected chi connectivity index (χ2v) is 3.69. The molecule has 0 N–H and O–H groups in total. The number of ketones is 1. The third kappa shape index (κ3) is 1.59. The van der Waals surface area contributed by atoms with Gasteiger partial charge < -0.3 is 0 Å². The van der Waals surface area contributed by atoms with Crippen molar-refractivity contribution in [1.82, 2.24) is 0 Å². The number of thiophene rings is 1. The Hall–Kier alpha value is 0.140. The average molecular weight is 240 g/mol. The van der Waals surface area contributed by atoms with Gasteiger partial charge in [0.05, 0.1) is 10.8 Å². The summed E-state index contributed by atoms with van der Waals surface area (Å²) in [4.78, 5) is 11.6. The molecule has 0 aliphatic heterocycles. The molecule has 4 heteroatoms. The van der Waals surface area contributed by atoms with Crippen molar-refractivity contribution in [3.8, 4) is 0 Å². The van der Waals surface area contributed by atoms with E-state index in [2.05, 4.69) is 15.9 Å². The number of hydrogen-bond acceptors (Lipinski definition) is 2. The van der Waals surface area contributed by atoms with Crippen molar-refractivity contribution in [2.75, 3.05) is 5.88 Å². The van der Waals surface area contributed by atoms with E-state index in [1.54, 1.807) is 0 Å². The molecule has 0 radical (unpaired) electrons. The van der Waals surface area contributed by atoms with Crippen LogP contribution in [0.5, 0.6) is 0 Å². The van der Waals surface area contributed by atoms with Crippen LogP contribution < -0.4 is 0 Å². The molecule has 0 fully saturated rings. The fourth-order valence-electron chi connectivity index (χ4n) is 0.553. The Morgan fingerprint density at radius 3 is 2.90 bits per heavy atom. The third-order valence-corrected chi connectivity index (χ3v) is 3.11. The molecule has 0 unspecified atom stereocenters. The molecule has 0 spiro atoms. The topological polar surface area (TPSA) is 17.1 Å². The number of Topliss-reactive ketones (excluding diaryl/α,β-unsaturated/α-hetero) is 1. The molecule has 0 saturated carbocycles. The number of rotatable bonds is 2. The number of hydrogen-bond donors (Lipinski definition) is 0. The molecule has 1 rings (SSSR count). The Labute approximate surface area is 76.1 Å². The van der Waals surface area contributed by atoms with Crippen LogP contribution in [0.4, 0.5) is 0 Å². The third-order valence-electron chi connectivity index (χ3n) is 0.992. The van der Waals surface area contributed by atoms with Crippen molar-refractivity contribution in [3.05, 3.63) is 20.8 Å². The lowest BCUT2D eigenvalue weighted by Gasteiger charge is -1.89. The first-order chi connectivity index (χ1) is 4.75. The van der Waals surface area contributed by atoms with E-state index >= 15 is 0 Å². The predicted octanol–water partition coefficient (Wildman–Crippen LogP) is 2.93. The van der Waals surface area contributed by atoms with Crippen molar-refractivity contribution >= 4 is 44.7 Å². The number of carbonyl (C=O) groups excluding carboxylic acids is 1. The maximum atomic E-state index is 10.9. The van der Waals surface area contributed by atoms with E-state index in [4.69, 9.17) is 11.6 Å². The van der Waals surface area contributed by atoms with Gasteiger partial charge in [-0.2, -0.15) is 0 Å². The van der Waals surface area contributed by atoms with Crippen molar-refractivity contribution in [1.29, 1.82) is 0 Å². The van der Waals surface area contributed by atoms with Gasteiger partial charge in [-0.25, -0.2) is 0 Å². The van der Waals surface area contributed by atoms with Crippen LogP contribution in [0.25, 0.3) is 0 Å². The standard InChI is InChI=1S/C6H4BrClOS/c7-4-1-2-10-6(4)5(9)3-8/h1-2H,3H2. The smallest absolute Gasteiger partial charge is 0.188 e. The predicted molar refractivity (Wildman–Crippen MR) is 47.1 cm³/mol. The molecule has 10 heavy (non-hydrogen) atoms. The highest BCUT2D eigenvalue weighted by Crippen LogP contribution is 2.23. The van der Waals surface area contributed by atoms with Gasteiger partial charge in [-0.1, -0.05) is 0 Å². The first-order valence-electron chi connectivity index (χ1n) is 2.58. The molecule has 0 amide bonds. The van der Waals surface area contributed by atoms with Crippen molar-refractivity contribution in [2.24, 2.45) is 0 Å². The highest BCUT2D eigenvalue weighted by molar-refractivity contribution is 9.10. The second kappa shape index (κ2) is 3.51. The summed E-state index contributed by atoms with van der Waals surface area (Å²) in [5.41, 5.74) is 0. The van der Waals surface area contributed by atoms with E-state index in [0.29, 0.717) is 4.88 Å². The van der Waals surface area contributed by atoms with Crippen LogP contribution >= 0.6 is 38.9 Å². The highest BCUT2D eigenvalue weighted by atomic mass is 79.9. The monoisotopic (exact) mass is 238 g/mol. The fourth-order valence-corrected chi connectivity index (χ4v) is 2.30. The summed E-state index contributed by atoms with van der Waals surface area (Å²) in [6, 6.07) is 1.84. The van der Waals surface area contributed by atoms with E-state index in [9.17, 15) is 4.79 Å². The normalized spacial score (nSPS) is 9.80. The molecular weight excluding hydrogens is 235 g/mol. The maximum absolute atomic E-state index is 10.9. The molecule has 0 aromatic carbocycles. The maximum Gasteiger partial charge on any atom is 0.188 e. The van der Waals surface area contributed by atoms with E-state index in [0.717, 1.165) is 4.47 Å². The van der Waals surface area contributed by atoms with Gasteiger partial charge in [-0.3, -0.25) is 4.79 Å². The van der Waals surface area contributed by atoms with Gasteiger partial charge in [0.15, 0.2) is 5.78 Å². The second-order valence-electron chi connectivity index (χ2n) is 1.65. The van der Waals surface area contributed by atoms with E-state index < -0.39 is 0 Å². The Balaban J connectivity index is 2.93. The average Bonchev–Trinajstić information content (AvgIpc) is 2.34. The Morgan fingerprint density at radius 2 is 2.50 bits per heavy atom. The van der Waals surface area contributed by atoms with Gasteiger partial charge in [0.25, 0.3) is 0 Å². The lowest BCUT2D eigenvalue weighted by atomic mass is 10.4. The molecule has 1 heterocycles. The Kier molecular flexibility index (Phi) is 2.89. The highest BCUT2D eigenvalue weighted by Gasteiger charge is 2.08. The first kappa shape index (κ1) is 8.24. The van der Waals surface area contributed by atoms with E-state index in [-0.39, 0.29) is 11.7 Å². The minimum atomic E-state index is -0.0245. The fraction of sp³-hybridized carbons (Fsp3) is 0.167. The van der Waals surface area contributed by atoms with Crippen LogP contribution in [-0.4, -0.2) is 11.7 Å². The summed E-state index contributed by atoms with van der Waals surface area (Å²) in [6.07, 6.45) is 0. The minimum Gasteiger partial charge on any atom is -0.292 e. The summed E-state index contributed by atoms with van der Waals surface area (Å²) in [7, 11) is 0. The lowest BCUT2D eigenvalue weighted by molar-refractivity contribution is 0.102. The zero-order valence-electron chi connectivity index (χ0n) is 4.93. The molecular formula is C6H4BrClOS. The van der Waals surface area contributed by atoms with Gasteiger partial charge in [0, 0.05) is 4.47 Å². The molecule has 1 aromatic heterocycles. The quantitative estimate of drug-likeness (QED) is 0.573. The van der Waals surface area contributed by atoms with Crippen LogP contribution in [0.2, 0.25) is 0 Å². The molecule has 1 nitrogen and oxygen atoms in total. The Morgan fingerprint density at radius 1 is 1.80 bits per heavy atom. The number of carbonyl (C=O) groups is 1. The van der Waals surface area contributed by atoms with Crippen LogP contribution in [0.1, 0.15) is 9.67 Å². The minimum absolute atomic E-state index is 0.0245. The molecule has 54 valence electrons. The zero-order valence-corrected chi connectivity index (χ0v) is 8.09.